The van der Waals surface area contributed by atoms with Crippen molar-refractivity contribution in [2.24, 2.45) is 5.92 Å². The third kappa shape index (κ3) is 3.20. The average Bonchev–Trinajstić information content (AvgIpc) is 2.77. The van der Waals surface area contributed by atoms with Crippen molar-refractivity contribution < 1.29 is 14.3 Å². The number of hydrogen-bond donors (Lipinski definition) is 1. The molecular weight excluding hydrogens is 288 g/mol. The predicted molar refractivity (Wildman–Crippen MR) is 85.3 cm³/mol. The summed E-state index contributed by atoms with van der Waals surface area (Å²) >= 11 is 1.31. The van der Waals surface area contributed by atoms with E-state index in [1.165, 1.54) is 18.3 Å². The molecule has 0 amide bonds. The van der Waals surface area contributed by atoms with Crippen LogP contribution in [0.15, 0.2) is 0 Å². The highest BCUT2D eigenvalue weighted by atomic mass is 32.1. The molecule has 1 fully saturated rings. The van der Waals surface area contributed by atoms with Crippen LogP contribution in [0.3, 0.4) is 0 Å². The van der Waals surface area contributed by atoms with Crippen molar-refractivity contribution in [3.8, 4) is 0 Å². The van der Waals surface area contributed by atoms with E-state index in [2.05, 4.69) is 11.8 Å². The molecule has 5 nitrogen and oxygen atoms in total. The lowest BCUT2D eigenvalue weighted by atomic mass is 9.99. The molecule has 0 aromatic carbocycles. The molecule has 116 valence electrons. The van der Waals surface area contributed by atoms with Gasteiger partial charge in [-0.2, -0.15) is 0 Å². The van der Waals surface area contributed by atoms with Crippen LogP contribution in [0.1, 0.15) is 53.6 Å². The van der Waals surface area contributed by atoms with Crippen molar-refractivity contribution in [1.82, 2.24) is 0 Å². The summed E-state index contributed by atoms with van der Waals surface area (Å²) in [6, 6.07) is 0. The van der Waals surface area contributed by atoms with Crippen LogP contribution in [0.5, 0.6) is 0 Å². The maximum absolute atomic E-state index is 12.2. The number of carbonyl (C=O) groups is 2. The number of ketones is 1. The second-order valence-corrected chi connectivity index (χ2v) is 6.47. The molecule has 0 aliphatic carbocycles. The molecule has 1 aliphatic heterocycles. The Bertz CT molecular complexity index is 545. The Morgan fingerprint density at radius 3 is 2.52 bits per heavy atom. The van der Waals surface area contributed by atoms with E-state index in [4.69, 9.17) is 10.5 Å². The van der Waals surface area contributed by atoms with E-state index in [9.17, 15) is 9.59 Å². The van der Waals surface area contributed by atoms with Crippen LogP contribution in [0.4, 0.5) is 10.7 Å². The Hall–Kier alpha value is -1.56. The average molecular weight is 310 g/mol. The molecule has 0 bridgehead atoms. The molecule has 21 heavy (non-hydrogen) atoms. The molecule has 2 N–H and O–H groups in total. The van der Waals surface area contributed by atoms with Gasteiger partial charge >= 0.3 is 5.97 Å². The number of esters is 1. The molecule has 0 spiro atoms. The molecule has 0 atom stereocenters. The summed E-state index contributed by atoms with van der Waals surface area (Å²) in [6.45, 7) is 7.51. The topological polar surface area (TPSA) is 72.6 Å². The fourth-order valence-electron chi connectivity index (χ4n) is 2.53. The number of hydrogen-bond acceptors (Lipinski definition) is 6. The number of nitrogens with zero attached hydrogens (tertiary/aromatic N) is 1. The van der Waals surface area contributed by atoms with Crippen LogP contribution in [0, 0.1) is 5.92 Å². The zero-order valence-corrected chi connectivity index (χ0v) is 13.6. The number of ether oxygens (including phenoxy) is 1. The summed E-state index contributed by atoms with van der Waals surface area (Å²) < 4.78 is 5.10. The Morgan fingerprint density at radius 1 is 1.38 bits per heavy atom. The lowest BCUT2D eigenvalue weighted by Crippen LogP contribution is -2.33. The van der Waals surface area contributed by atoms with Crippen molar-refractivity contribution in [3.05, 3.63) is 10.4 Å². The lowest BCUT2D eigenvalue weighted by Gasteiger charge is -2.31. The molecule has 1 aromatic heterocycles. The molecule has 6 heteroatoms. The number of carbonyl (C=O) groups excluding carboxylic acids is 2. The smallest absolute Gasteiger partial charge is 0.343 e. The summed E-state index contributed by atoms with van der Waals surface area (Å²) in [5.41, 5.74) is 6.66. The first-order valence-electron chi connectivity index (χ1n) is 7.30. The molecule has 2 rings (SSSR count). The predicted octanol–water partition coefficient (Wildman–Crippen LogP) is 2.95. The summed E-state index contributed by atoms with van der Waals surface area (Å²) in [6.07, 6.45) is 2.16. The molecule has 1 aliphatic rings. The molecule has 1 aromatic rings. The number of anilines is 2. The number of thiophene rings is 1. The largest absolute Gasteiger partial charge is 0.462 e. The summed E-state index contributed by atoms with van der Waals surface area (Å²) in [4.78, 5) is 26.5. The van der Waals surface area contributed by atoms with Gasteiger partial charge in [-0.05, 0) is 25.7 Å². The third-order valence-electron chi connectivity index (χ3n) is 3.80. The third-order valence-corrected chi connectivity index (χ3v) is 5.16. The molecular formula is C15H22N2O3S. The van der Waals surface area contributed by atoms with Gasteiger partial charge in [0.2, 0.25) is 0 Å². The van der Waals surface area contributed by atoms with Gasteiger partial charge in [-0.3, -0.25) is 4.79 Å². The van der Waals surface area contributed by atoms with Gasteiger partial charge < -0.3 is 15.4 Å². The van der Waals surface area contributed by atoms with Crippen LogP contribution in [-0.4, -0.2) is 31.4 Å². The van der Waals surface area contributed by atoms with Crippen molar-refractivity contribution in [3.63, 3.8) is 0 Å². The van der Waals surface area contributed by atoms with E-state index in [-0.39, 0.29) is 11.5 Å². The number of rotatable bonds is 4. The van der Waals surface area contributed by atoms with Gasteiger partial charge in [-0.1, -0.05) is 6.92 Å². The zero-order chi connectivity index (χ0) is 15.6. The highest BCUT2D eigenvalue weighted by Crippen LogP contribution is 2.40. The minimum absolute atomic E-state index is 0.111. The molecule has 1 saturated heterocycles. The molecule has 0 unspecified atom stereocenters. The van der Waals surface area contributed by atoms with E-state index in [1.54, 1.807) is 6.92 Å². The Balaban J connectivity index is 2.40. The highest BCUT2D eigenvalue weighted by Gasteiger charge is 2.29. The van der Waals surface area contributed by atoms with Crippen LogP contribution in [-0.2, 0) is 4.74 Å². The van der Waals surface area contributed by atoms with Crippen molar-refractivity contribution in [2.45, 2.75) is 33.6 Å². The standard InChI is InChI=1S/C15H22N2O3S/c1-4-20-15(19)11-12(16)13(10(3)18)21-14(11)17-7-5-9(2)6-8-17/h9H,4-8,16H2,1-3H3. The number of nitrogens with two attached hydrogens (primary N) is 1. The second-order valence-electron chi connectivity index (χ2n) is 5.47. The van der Waals surface area contributed by atoms with Crippen LogP contribution in [0.2, 0.25) is 0 Å². The van der Waals surface area contributed by atoms with Crippen LogP contribution in [0.25, 0.3) is 0 Å². The monoisotopic (exact) mass is 310 g/mol. The first-order chi connectivity index (χ1) is 9.95. The lowest BCUT2D eigenvalue weighted by molar-refractivity contribution is 0.0529. The number of nitrogen functional groups attached to an aromatic ring is 1. The van der Waals surface area contributed by atoms with E-state index in [0.29, 0.717) is 23.0 Å². The van der Waals surface area contributed by atoms with E-state index < -0.39 is 5.97 Å². The van der Waals surface area contributed by atoms with Gasteiger partial charge in [-0.25, -0.2) is 4.79 Å². The van der Waals surface area contributed by atoms with Crippen LogP contribution < -0.4 is 10.6 Å². The minimum Gasteiger partial charge on any atom is -0.462 e. The van der Waals surface area contributed by atoms with Gasteiger partial charge in [0.1, 0.15) is 10.6 Å². The number of piperidine rings is 1. The summed E-state index contributed by atoms with van der Waals surface area (Å²) in [5, 5.41) is 0.781. The zero-order valence-electron chi connectivity index (χ0n) is 12.8. The summed E-state index contributed by atoms with van der Waals surface area (Å²) in [5.74, 6) is 0.143. The fourth-order valence-corrected chi connectivity index (χ4v) is 3.68. The Kier molecular flexibility index (Phi) is 4.88. The minimum atomic E-state index is -0.438. The molecule has 0 radical (unpaired) electrons. The maximum Gasteiger partial charge on any atom is 0.343 e. The Labute approximate surface area is 129 Å². The fraction of sp³-hybridized carbons (Fsp3) is 0.600. The normalized spacial score (nSPS) is 16.0. The van der Waals surface area contributed by atoms with Crippen molar-refractivity contribution in [2.75, 3.05) is 30.3 Å². The summed E-state index contributed by atoms with van der Waals surface area (Å²) in [7, 11) is 0. The maximum atomic E-state index is 12.2. The highest BCUT2D eigenvalue weighted by molar-refractivity contribution is 7.19. The van der Waals surface area contributed by atoms with Gasteiger partial charge in [0, 0.05) is 20.0 Å². The number of Topliss-reactive ketones (excluding diaryl/α,β-unsaturated/α-hetero) is 1. The van der Waals surface area contributed by atoms with E-state index in [1.807, 2.05) is 0 Å². The molecule has 0 saturated carbocycles. The van der Waals surface area contributed by atoms with E-state index >= 15 is 0 Å². The Morgan fingerprint density at radius 2 is 2.00 bits per heavy atom. The molecule has 2 heterocycles. The SMILES string of the molecule is CCOC(=O)c1c(N2CCC(C)CC2)sc(C(C)=O)c1N. The van der Waals surface area contributed by atoms with Gasteiger partial charge in [-0.15, -0.1) is 11.3 Å². The van der Waals surface area contributed by atoms with Crippen molar-refractivity contribution in [1.29, 1.82) is 0 Å². The van der Waals surface area contributed by atoms with Crippen molar-refractivity contribution >= 4 is 33.8 Å². The first-order valence-corrected chi connectivity index (χ1v) is 8.12. The van der Waals surface area contributed by atoms with Gasteiger partial charge in [0.15, 0.2) is 5.78 Å². The van der Waals surface area contributed by atoms with E-state index in [0.717, 1.165) is 30.9 Å². The van der Waals surface area contributed by atoms with Gasteiger partial charge in [0.05, 0.1) is 17.2 Å². The second kappa shape index (κ2) is 6.47. The quantitative estimate of drug-likeness (QED) is 0.684. The van der Waals surface area contributed by atoms with Crippen LogP contribution >= 0.6 is 11.3 Å². The van der Waals surface area contributed by atoms with Gasteiger partial charge in [0.25, 0.3) is 0 Å². The first kappa shape index (κ1) is 15.8.